The topological polar surface area (TPSA) is 166 Å². The summed E-state index contributed by atoms with van der Waals surface area (Å²) in [7, 11) is 0. The number of aromatic amines is 2. The van der Waals surface area contributed by atoms with Crippen molar-refractivity contribution in [3.63, 3.8) is 0 Å². The van der Waals surface area contributed by atoms with E-state index < -0.39 is 42.3 Å². The van der Waals surface area contributed by atoms with Crippen LogP contribution in [0.2, 0.25) is 0 Å². The summed E-state index contributed by atoms with van der Waals surface area (Å²) in [5.74, 6) is 0. The largest absolute Gasteiger partial charge is 0.394 e. The molecule has 3 rings (SSSR count). The highest BCUT2D eigenvalue weighted by molar-refractivity contribution is 5.23. The van der Waals surface area contributed by atoms with Gasteiger partial charge in [-0.3, -0.25) is 9.78 Å². The number of hydrogen-bond donors (Lipinski definition) is 5. The lowest BCUT2D eigenvalue weighted by Gasteiger charge is -2.17. The molecule has 3 heterocycles. The smallest absolute Gasteiger partial charge is 0.325 e. The van der Waals surface area contributed by atoms with Gasteiger partial charge >= 0.3 is 5.69 Å². The molecule has 11 heteroatoms. The van der Waals surface area contributed by atoms with E-state index in [1.54, 1.807) is 0 Å². The molecular weight excluding hydrogens is 310 g/mol. The molecule has 0 radical (unpaired) electrons. The highest BCUT2D eigenvalue weighted by Gasteiger charge is 2.45. The Morgan fingerprint density at radius 3 is 2.65 bits per heavy atom. The maximum Gasteiger partial charge on any atom is 0.325 e. The van der Waals surface area contributed by atoms with Crippen molar-refractivity contribution >= 4 is 0 Å². The molecule has 2 aromatic heterocycles. The average Bonchev–Trinajstić information content (AvgIpc) is 3.10. The number of nitrogens with zero attached hydrogens (tertiary/aromatic N) is 3. The Hall–Kier alpha value is -2.34. The zero-order chi connectivity index (χ0) is 16.6. The molecule has 23 heavy (non-hydrogen) atoms. The first-order chi connectivity index (χ1) is 11.0. The lowest BCUT2D eigenvalue weighted by Crippen LogP contribution is -2.35. The fourth-order valence-electron chi connectivity index (χ4n) is 2.59. The van der Waals surface area contributed by atoms with Crippen molar-refractivity contribution in [3.8, 4) is 0 Å². The van der Waals surface area contributed by atoms with Gasteiger partial charge in [-0.2, -0.15) is 0 Å². The van der Waals surface area contributed by atoms with Gasteiger partial charge in [0.1, 0.15) is 24.4 Å². The summed E-state index contributed by atoms with van der Waals surface area (Å²) >= 11 is 0. The van der Waals surface area contributed by atoms with Gasteiger partial charge < -0.3 is 25.0 Å². The van der Waals surface area contributed by atoms with E-state index in [1.165, 1.54) is 17.1 Å². The lowest BCUT2D eigenvalue weighted by molar-refractivity contribution is -0.0235. The van der Waals surface area contributed by atoms with Crippen LogP contribution in [-0.2, 0) is 11.3 Å². The Labute approximate surface area is 128 Å². The molecule has 1 aliphatic rings. The number of aliphatic hydroxyl groups excluding tert-OH is 3. The average molecular weight is 325 g/mol. The molecule has 2 aromatic rings. The van der Waals surface area contributed by atoms with Gasteiger partial charge in [-0.1, -0.05) is 5.21 Å². The van der Waals surface area contributed by atoms with Crippen LogP contribution in [-0.4, -0.2) is 65.2 Å². The van der Waals surface area contributed by atoms with Crippen LogP contribution in [0, 0.1) is 0 Å². The number of H-pyrrole nitrogens is 2. The molecule has 1 aliphatic heterocycles. The second-order valence-corrected chi connectivity index (χ2v) is 5.16. The fourth-order valence-corrected chi connectivity index (χ4v) is 2.59. The van der Waals surface area contributed by atoms with Gasteiger partial charge in [-0.15, -0.1) is 5.10 Å². The van der Waals surface area contributed by atoms with Crippen molar-refractivity contribution in [1.29, 1.82) is 0 Å². The number of rotatable bonds is 4. The van der Waals surface area contributed by atoms with Crippen molar-refractivity contribution in [2.24, 2.45) is 0 Å². The quantitative estimate of drug-likeness (QED) is 0.393. The predicted octanol–water partition coefficient (Wildman–Crippen LogP) is -3.14. The molecule has 0 amide bonds. The third-order valence-corrected chi connectivity index (χ3v) is 3.68. The predicted molar refractivity (Wildman–Crippen MR) is 73.5 cm³/mol. The normalized spacial score (nSPS) is 27.4. The summed E-state index contributed by atoms with van der Waals surface area (Å²) in [6.45, 7) is -0.505. The van der Waals surface area contributed by atoms with Gasteiger partial charge in [0.15, 0.2) is 0 Å². The van der Waals surface area contributed by atoms with E-state index in [2.05, 4.69) is 20.3 Å². The van der Waals surface area contributed by atoms with E-state index in [1.807, 2.05) is 0 Å². The molecule has 0 aliphatic carbocycles. The molecule has 0 aromatic carbocycles. The maximum atomic E-state index is 12.2. The first-order valence-corrected chi connectivity index (χ1v) is 6.83. The number of ether oxygens (including phenoxy) is 1. The molecule has 124 valence electrons. The minimum atomic E-state index is -1.42. The van der Waals surface area contributed by atoms with Crippen LogP contribution in [0.4, 0.5) is 0 Å². The minimum Gasteiger partial charge on any atom is -0.394 e. The molecular formula is C12H15N5O6. The molecule has 1 fully saturated rings. The molecule has 0 bridgehead atoms. The summed E-state index contributed by atoms with van der Waals surface area (Å²) < 4.78 is 6.73. The molecule has 2 unspecified atom stereocenters. The van der Waals surface area contributed by atoms with Gasteiger partial charge in [0.2, 0.25) is 0 Å². The second kappa shape index (κ2) is 6.04. The number of aliphatic hydroxyl groups is 3. The van der Waals surface area contributed by atoms with Gasteiger partial charge in [-0.05, 0) is 0 Å². The highest BCUT2D eigenvalue weighted by atomic mass is 16.6. The van der Waals surface area contributed by atoms with Crippen LogP contribution in [0.25, 0.3) is 0 Å². The summed E-state index contributed by atoms with van der Waals surface area (Å²) in [5.41, 5.74) is -1.35. The van der Waals surface area contributed by atoms with Gasteiger partial charge in [0.05, 0.1) is 30.6 Å². The molecule has 11 nitrogen and oxygen atoms in total. The van der Waals surface area contributed by atoms with Crippen LogP contribution < -0.4 is 11.2 Å². The zero-order valence-corrected chi connectivity index (χ0v) is 11.8. The lowest BCUT2D eigenvalue weighted by atomic mass is 10.0. The van der Waals surface area contributed by atoms with E-state index in [0.717, 1.165) is 0 Å². The summed E-state index contributed by atoms with van der Waals surface area (Å²) in [6.07, 6.45) is -2.04. The fraction of sp³-hybridized carbons (Fsp3) is 0.500. The third kappa shape index (κ3) is 2.82. The van der Waals surface area contributed by atoms with Crippen molar-refractivity contribution in [2.45, 2.75) is 31.0 Å². The summed E-state index contributed by atoms with van der Waals surface area (Å²) in [5, 5.41) is 36.4. The van der Waals surface area contributed by atoms with E-state index in [-0.39, 0.29) is 17.8 Å². The Morgan fingerprint density at radius 1 is 1.26 bits per heavy atom. The van der Waals surface area contributed by atoms with E-state index in [4.69, 9.17) is 9.84 Å². The Bertz CT molecular complexity index is 784. The molecule has 0 spiro atoms. The molecule has 0 saturated carbocycles. The number of nitrogens with one attached hydrogen (secondary N) is 2. The van der Waals surface area contributed by atoms with Crippen molar-refractivity contribution in [3.05, 3.63) is 44.5 Å². The van der Waals surface area contributed by atoms with E-state index in [9.17, 15) is 19.8 Å². The molecule has 1 saturated heterocycles. The Morgan fingerprint density at radius 2 is 2.04 bits per heavy atom. The van der Waals surface area contributed by atoms with Crippen LogP contribution in [0.15, 0.2) is 22.0 Å². The summed E-state index contributed by atoms with van der Waals surface area (Å²) in [6, 6.07) is 0. The zero-order valence-electron chi connectivity index (χ0n) is 11.8. The van der Waals surface area contributed by atoms with Crippen molar-refractivity contribution < 1.29 is 20.1 Å². The van der Waals surface area contributed by atoms with Gasteiger partial charge in [0, 0.05) is 6.20 Å². The van der Waals surface area contributed by atoms with Gasteiger partial charge in [-0.25, -0.2) is 9.48 Å². The first kappa shape index (κ1) is 15.6. The minimum absolute atomic E-state index is 0.0148. The Kier molecular flexibility index (Phi) is 4.09. The third-order valence-electron chi connectivity index (χ3n) is 3.68. The number of hydrogen-bond acceptors (Lipinski definition) is 8. The first-order valence-electron chi connectivity index (χ1n) is 6.83. The Balaban J connectivity index is 2.04. The highest BCUT2D eigenvalue weighted by Crippen LogP contribution is 2.32. The van der Waals surface area contributed by atoms with Crippen molar-refractivity contribution in [2.75, 3.05) is 6.61 Å². The van der Waals surface area contributed by atoms with Crippen LogP contribution >= 0.6 is 0 Å². The summed E-state index contributed by atoms with van der Waals surface area (Å²) in [4.78, 5) is 28.2. The number of aromatic nitrogens is 5. The van der Waals surface area contributed by atoms with E-state index in [0.29, 0.717) is 0 Å². The monoisotopic (exact) mass is 325 g/mol. The molecule has 5 N–H and O–H groups in total. The van der Waals surface area contributed by atoms with Crippen LogP contribution in [0.5, 0.6) is 0 Å². The van der Waals surface area contributed by atoms with Crippen LogP contribution in [0.3, 0.4) is 0 Å². The van der Waals surface area contributed by atoms with E-state index >= 15 is 0 Å². The maximum absolute atomic E-state index is 12.2. The van der Waals surface area contributed by atoms with Crippen molar-refractivity contribution in [1.82, 2.24) is 25.0 Å². The second-order valence-electron chi connectivity index (χ2n) is 5.16. The standard InChI is InChI=1S/C12H15N5O6/c18-4-6-8(19)9(20)10(23-6)7-5(3-17-2-1-13-16-17)14-12(22)15-11(7)21/h1-2,6,8-10,18-20H,3-4H2,(H2,14,15,21,22)/t6-,8?,9?,10+/m1/s1. The van der Waals surface area contributed by atoms with Gasteiger partial charge in [0.25, 0.3) is 5.56 Å². The molecule has 4 atom stereocenters. The SMILES string of the molecule is O=c1[nH]c(Cn2ccnn2)c([C@@H]2O[C@H](CO)C(O)C2O)c(=O)[nH]1. The van der Waals surface area contributed by atoms with Crippen LogP contribution in [0.1, 0.15) is 17.4 Å².